The molecule has 0 aliphatic heterocycles. The quantitative estimate of drug-likeness (QED) is 0.802. The van der Waals surface area contributed by atoms with E-state index in [1.165, 1.54) is 12.1 Å². The number of nitrogens with two attached hydrogens (primary N) is 1. The molecule has 2 aromatic rings. The van der Waals surface area contributed by atoms with Crippen molar-refractivity contribution in [3.63, 3.8) is 0 Å². The average molecular weight is 375 g/mol. The summed E-state index contributed by atoms with van der Waals surface area (Å²) in [6.45, 7) is 3.24. The van der Waals surface area contributed by atoms with E-state index in [-0.39, 0.29) is 12.1 Å². The minimum Gasteiger partial charge on any atom is -0.366 e. The normalized spacial score (nSPS) is 11.0. The molecular weight excluding hydrogens is 354 g/mol. The molecule has 0 radical (unpaired) electrons. The molecule has 7 nitrogen and oxygen atoms in total. The molecule has 0 heterocycles. The minimum atomic E-state index is -3.67. The number of sulfonamides is 1. The maximum Gasteiger partial charge on any atom is 0.248 e. The first-order valence-electron chi connectivity index (χ1n) is 7.82. The lowest BCUT2D eigenvalue weighted by atomic mass is 10.1. The molecule has 2 amide bonds. The highest BCUT2D eigenvalue weighted by atomic mass is 32.2. The molecule has 0 fully saturated rings. The number of anilines is 2. The molecular formula is C18H21N3O4S. The smallest absolute Gasteiger partial charge is 0.248 e. The summed E-state index contributed by atoms with van der Waals surface area (Å²) >= 11 is 0. The summed E-state index contributed by atoms with van der Waals surface area (Å²) in [5.74, 6) is -1.15. The van der Waals surface area contributed by atoms with Crippen LogP contribution in [0.3, 0.4) is 0 Å². The molecule has 26 heavy (non-hydrogen) atoms. The number of carbonyl (C=O) groups excluding carboxylic acids is 2. The fourth-order valence-electron chi connectivity index (χ4n) is 2.45. The van der Waals surface area contributed by atoms with E-state index >= 15 is 0 Å². The van der Waals surface area contributed by atoms with Gasteiger partial charge in [0.1, 0.15) is 6.54 Å². The van der Waals surface area contributed by atoms with Crippen LogP contribution in [0.1, 0.15) is 21.5 Å². The van der Waals surface area contributed by atoms with Crippen molar-refractivity contribution in [2.24, 2.45) is 5.73 Å². The van der Waals surface area contributed by atoms with E-state index in [1.807, 2.05) is 13.0 Å². The van der Waals surface area contributed by atoms with Gasteiger partial charge < -0.3 is 11.1 Å². The third-order valence-electron chi connectivity index (χ3n) is 3.75. The Hall–Kier alpha value is -2.87. The number of nitrogens with zero attached hydrogens (tertiary/aromatic N) is 1. The third kappa shape index (κ3) is 4.82. The lowest BCUT2D eigenvalue weighted by Crippen LogP contribution is -2.38. The minimum absolute atomic E-state index is 0.247. The monoisotopic (exact) mass is 375 g/mol. The predicted octanol–water partition coefficient (Wildman–Crippen LogP) is 1.81. The van der Waals surface area contributed by atoms with E-state index < -0.39 is 21.8 Å². The molecule has 0 spiro atoms. The van der Waals surface area contributed by atoms with Gasteiger partial charge in [0.2, 0.25) is 21.8 Å². The van der Waals surface area contributed by atoms with Gasteiger partial charge in [-0.1, -0.05) is 18.2 Å². The van der Waals surface area contributed by atoms with Gasteiger partial charge in [-0.25, -0.2) is 8.42 Å². The highest BCUT2D eigenvalue weighted by molar-refractivity contribution is 7.92. The second-order valence-corrected chi connectivity index (χ2v) is 7.96. The van der Waals surface area contributed by atoms with Crippen molar-refractivity contribution in [1.29, 1.82) is 0 Å². The zero-order valence-electron chi connectivity index (χ0n) is 14.8. The van der Waals surface area contributed by atoms with Crippen LogP contribution in [0.5, 0.6) is 0 Å². The first-order valence-corrected chi connectivity index (χ1v) is 9.67. The lowest BCUT2D eigenvalue weighted by Gasteiger charge is -2.24. The van der Waals surface area contributed by atoms with Gasteiger partial charge in [0, 0.05) is 11.3 Å². The van der Waals surface area contributed by atoms with Crippen molar-refractivity contribution in [1.82, 2.24) is 0 Å². The maximum absolute atomic E-state index is 12.4. The zero-order valence-corrected chi connectivity index (χ0v) is 15.6. The number of hydrogen-bond acceptors (Lipinski definition) is 4. The van der Waals surface area contributed by atoms with Crippen LogP contribution in [-0.2, 0) is 14.8 Å². The first-order chi connectivity index (χ1) is 12.1. The van der Waals surface area contributed by atoms with Crippen molar-refractivity contribution in [2.75, 3.05) is 22.4 Å². The van der Waals surface area contributed by atoms with Crippen LogP contribution in [-0.4, -0.2) is 33.0 Å². The van der Waals surface area contributed by atoms with Gasteiger partial charge in [0.15, 0.2) is 0 Å². The van der Waals surface area contributed by atoms with E-state index in [1.54, 1.807) is 31.2 Å². The molecule has 0 saturated heterocycles. The Bertz CT molecular complexity index is 955. The Morgan fingerprint density at radius 1 is 1.12 bits per heavy atom. The SMILES string of the molecule is Cc1ccc(C)c(N(CC(=O)Nc2cccc(C(N)=O)c2)S(C)(=O)=O)c1. The van der Waals surface area contributed by atoms with E-state index in [0.29, 0.717) is 11.4 Å². The third-order valence-corrected chi connectivity index (χ3v) is 4.88. The van der Waals surface area contributed by atoms with Gasteiger partial charge in [-0.2, -0.15) is 0 Å². The van der Waals surface area contributed by atoms with Gasteiger partial charge in [-0.05, 0) is 49.2 Å². The molecule has 0 aromatic heterocycles. The number of rotatable bonds is 6. The van der Waals surface area contributed by atoms with Crippen LogP contribution in [0.15, 0.2) is 42.5 Å². The summed E-state index contributed by atoms with van der Waals surface area (Å²) in [6.07, 6.45) is 1.05. The van der Waals surface area contributed by atoms with Crippen molar-refractivity contribution in [3.8, 4) is 0 Å². The molecule has 0 atom stereocenters. The Labute approximate surface area is 152 Å². The molecule has 2 rings (SSSR count). The molecule has 0 aliphatic carbocycles. The number of nitrogens with one attached hydrogen (secondary N) is 1. The molecule has 3 N–H and O–H groups in total. The highest BCUT2D eigenvalue weighted by Crippen LogP contribution is 2.24. The number of hydrogen-bond donors (Lipinski definition) is 2. The molecule has 0 bridgehead atoms. The summed E-state index contributed by atoms with van der Waals surface area (Å²) in [5.41, 5.74) is 7.90. The zero-order chi connectivity index (χ0) is 19.5. The molecule has 2 aromatic carbocycles. The highest BCUT2D eigenvalue weighted by Gasteiger charge is 2.22. The van der Waals surface area contributed by atoms with Crippen LogP contribution in [0, 0.1) is 13.8 Å². The topological polar surface area (TPSA) is 110 Å². The predicted molar refractivity (Wildman–Crippen MR) is 102 cm³/mol. The number of primary amides is 1. The van der Waals surface area contributed by atoms with Gasteiger partial charge in [-0.3, -0.25) is 13.9 Å². The molecule has 0 unspecified atom stereocenters. The number of benzene rings is 2. The molecule has 138 valence electrons. The number of aryl methyl sites for hydroxylation is 2. The van der Waals surface area contributed by atoms with Crippen molar-refractivity contribution in [2.45, 2.75) is 13.8 Å². The fraction of sp³-hybridized carbons (Fsp3) is 0.222. The summed E-state index contributed by atoms with van der Waals surface area (Å²) in [7, 11) is -3.67. The summed E-state index contributed by atoms with van der Waals surface area (Å²) in [6, 6.07) is 11.5. The first kappa shape index (κ1) is 19.5. The summed E-state index contributed by atoms with van der Waals surface area (Å²) in [5, 5.41) is 2.59. The Kier molecular flexibility index (Phi) is 5.66. The van der Waals surface area contributed by atoms with E-state index in [9.17, 15) is 18.0 Å². The van der Waals surface area contributed by atoms with Crippen molar-refractivity contribution < 1.29 is 18.0 Å². The summed E-state index contributed by atoms with van der Waals surface area (Å²) in [4.78, 5) is 23.6. The Balaban J connectivity index is 2.27. The molecule has 0 aliphatic rings. The van der Waals surface area contributed by atoms with E-state index in [0.717, 1.165) is 21.7 Å². The van der Waals surface area contributed by atoms with E-state index in [4.69, 9.17) is 5.73 Å². The van der Waals surface area contributed by atoms with Crippen molar-refractivity contribution >= 4 is 33.2 Å². The van der Waals surface area contributed by atoms with Crippen molar-refractivity contribution in [3.05, 3.63) is 59.2 Å². The van der Waals surface area contributed by atoms with Crippen LogP contribution in [0.4, 0.5) is 11.4 Å². The van der Waals surface area contributed by atoms with Gasteiger partial charge in [-0.15, -0.1) is 0 Å². The van der Waals surface area contributed by atoms with Crippen LogP contribution in [0.25, 0.3) is 0 Å². The van der Waals surface area contributed by atoms with E-state index in [2.05, 4.69) is 5.32 Å². The average Bonchev–Trinajstić information content (AvgIpc) is 2.54. The van der Waals surface area contributed by atoms with Crippen LogP contribution < -0.4 is 15.4 Å². The van der Waals surface area contributed by atoms with Crippen LogP contribution in [0.2, 0.25) is 0 Å². The second-order valence-electron chi connectivity index (χ2n) is 6.05. The molecule has 8 heteroatoms. The number of carbonyl (C=O) groups is 2. The van der Waals surface area contributed by atoms with Gasteiger partial charge in [0.25, 0.3) is 0 Å². The largest absolute Gasteiger partial charge is 0.366 e. The maximum atomic E-state index is 12.4. The molecule has 0 saturated carbocycles. The standard InChI is InChI=1S/C18H21N3O4S/c1-12-7-8-13(2)16(9-12)21(26(3,24)25)11-17(22)20-15-6-4-5-14(10-15)18(19)23/h4-10H,11H2,1-3H3,(H2,19,23)(H,20,22). The fourth-order valence-corrected chi connectivity index (χ4v) is 3.36. The lowest BCUT2D eigenvalue weighted by molar-refractivity contribution is -0.114. The summed E-state index contributed by atoms with van der Waals surface area (Å²) < 4.78 is 25.5. The number of amides is 2. The Morgan fingerprint density at radius 2 is 1.81 bits per heavy atom. The van der Waals surface area contributed by atoms with Gasteiger partial charge in [0.05, 0.1) is 11.9 Å². The second kappa shape index (κ2) is 7.57. The van der Waals surface area contributed by atoms with Crippen LogP contribution >= 0.6 is 0 Å². The van der Waals surface area contributed by atoms with Gasteiger partial charge >= 0.3 is 0 Å². The Morgan fingerprint density at radius 3 is 2.42 bits per heavy atom.